The molecule has 0 spiro atoms. The van der Waals surface area contributed by atoms with Gasteiger partial charge in [0, 0.05) is 11.1 Å². The standard InChI is InChI=1S/C19H13FN2O2/c1-11-2-7-16-13(8-11)9-15(18(23)22-16)19-21-10-17(24-19)12-3-5-14(20)6-4-12/h2-10H,1H3,(H,22,23). The predicted octanol–water partition coefficient (Wildman–Crippen LogP) is 4.30. The minimum absolute atomic E-state index is 0.235. The summed E-state index contributed by atoms with van der Waals surface area (Å²) in [6, 6.07) is 13.5. The van der Waals surface area contributed by atoms with Crippen molar-refractivity contribution in [3.63, 3.8) is 0 Å². The lowest BCUT2D eigenvalue weighted by atomic mass is 10.1. The van der Waals surface area contributed by atoms with Gasteiger partial charge in [0.15, 0.2) is 5.76 Å². The normalized spacial score (nSPS) is 11.1. The third-order valence-corrected chi connectivity index (χ3v) is 3.86. The molecule has 0 amide bonds. The van der Waals surface area contributed by atoms with E-state index >= 15 is 0 Å². The Bertz CT molecular complexity index is 1090. The summed E-state index contributed by atoms with van der Waals surface area (Å²) in [4.78, 5) is 19.3. The van der Waals surface area contributed by atoms with Crippen LogP contribution in [0.1, 0.15) is 5.56 Å². The maximum atomic E-state index is 13.0. The van der Waals surface area contributed by atoms with Crippen LogP contribution in [-0.4, -0.2) is 9.97 Å². The maximum Gasteiger partial charge on any atom is 0.261 e. The van der Waals surface area contributed by atoms with Gasteiger partial charge in [0.05, 0.1) is 6.20 Å². The minimum atomic E-state index is -0.320. The van der Waals surface area contributed by atoms with Gasteiger partial charge in [-0.3, -0.25) is 4.79 Å². The summed E-state index contributed by atoms with van der Waals surface area (Å²) >= 11 is 0. The summed E-state index contributed by atoms with van der Waals surface area (Å²) in [6.07, 6.45) is 1.53. The highest BCUT2D eigenvalue weighted by Gasteiger charge is 2.13. The first kappa shape index (κ1) is 14.4. The Hall–Kier alpha value is -3.21. The molecule has 4 aromatic rings. The summed E-state index contributed by atoms with van der Waals surface area (Å²) in [7, 11) is 0. The molecule has 4 rings (SSSR count). The van der Waals surface area contributed by atoms with Crippen molar-refractivity contribution in [3.05, 3.63) is 76.5 Å². The number of aromatic amines is 1. The number of halogens is 1. The molecule has 4 nitrogen and oxygen atoms in total. The van der Waals surface area contributed by atoms with Crippen molar-refractivity contribution >= 4 is 10.9 Å². The number of benzene rings is 2. The van der Waals surface area contributed by atoms with E-state index in [9.17, 15) is 9.18 Å². The monoisotopic (exact) mass is 320 g/mol. The number of nitrogens with zero attached hydrogens (tertiary/aromatic N) is 1. The van der Waals surface area contributed by atoms with E-state index in [4.69, 9.17) is 4.42 Å². The Labute approximate surface area is 136 Å². The zero-order valence-corrected chi connectivity index (χ0v) is 12.8. The molecular weight excluding hydrogens is 307 g/mol. The van der Waals surface area contributed by atoms with Crippen molar-refractivity contribution in [3.8, 4) is 22.8 Å². The number of fused-ring (bicyclic) bond motifs is 1. The molecule has 0 atom stereocenters. The lowest BCUT2D eigenvalue weighted by molar-refractivity contribution is 0.587. The topological polar surface area (TPSA) is 58.9 Å². The summed E-state index contributed by atoms with van der Waals surface area (Å²) in [5, 5.41) is 0.908. The third kappa shape index (κ3) is 2.50. The summed E-state index contributed by atoms with van der Waals surface area (Å²) < 4.78 is 18.7. The zero-order valence-electron chi connectivity index (χ0n) is 12.8. The van der Waals surface area contributed by atoms with E-state index in [0.29, 0.717) is 16.9 Å². The SMILES string of the molecule is Cc1ccc2[nH]c(=O)c(-c3ncc(-c4ccc(F)cc4)o3)cc2c1. The Balaban J connectivity index is 1.81. The van der Waals surface area contributed by atoms with Crippen molar-refractivity contribution in [1.82, 2.24) is 9.97 Å². The minimum Gasteiger partial charge on any atom is -0.436 e. The van der Waals surface area contributed by atoms with Gasteiger partial charge in [-0.15, -0.1) is 0 Å². The zero-order chi connectivity index (χ0) is 16.7. The molecule has 0 fully saturated rings. The average Bonchev–Trinajstić information content (AvgIpc) is 3.05. The third-order valence-electron chi connectivity index (χ3n) is 3.86. The maximum absolute atomic E-state index is 13.0. The van der Waals surface area contributed by atoms with Gasteiger partial charge in [0.25, 0.3) is 5.56 Å². The summed E-state index contributed by atoms with van der Waals surface area (Å²) in [5.74, 6) is 0.396. The van der Waals surface area contributed by atoms with Crippen molar-refractivity contribution in [2.75, 3.05) is 0 Å². The number of pyridine rings is 1. The van der Waals surface area contributed by atoms with Crippen LogP contribution in [0.25, 0.3) is 33.7 Å². The van der Waals surface area contributed by atoms with E-state index < -0.39 is 0 Å². The Morgan fingerprint density at radius 2 is 1.88 bits per heavy atom. The van der Waals surface area contributed by atoms with Crippen LogP contribution in [-0.2, 0) is 0 Å². The molecule has 118 valence electrons. The lowest BCUT2D eigenvalue weighted by Crippen LogP contribution is -2.08. The molecule has 2 aromatic carbocycles. The van der Waals surface area contributed by atoms with E-state index in [-0.39, 0.29) is 17.3 Å². The number of hydrogen-bond donors (Lipinski definition) is 1. The van der Waals surface area contributed by atoms with E-state index in [1.165, 1.54) is 18.3 Å². The van der Waals surface area contributed by atoms with Gasteiger partial charge in [0.1, 0.15) is 11.4 Å². The molecule has 24 heavy (non-hydrogen) atoms. The molecule has 0 aliphatic carbocycles. The molecule has 2 aromatic heterocycles. The van der Waals surface area contributed by atoms with Crippen LogP contribution in [0.3, 0.4) is 0 Å². The smallest absolute Gasteiger partial charge is 0.261 e. The molecule has 0 saturated carbocycles. The number of H-pyrrole nitrogens is 1. The molecule has 0 unspecified atom stereocenters. The van der Waals surface area contributed by atoms with Crippen LogP contribution >= 0.6 is 0 Å². The predicted molar refractivity (Wildman–Crippen MR) is 90.2 cm³/mol. The van der Waals surface area contributed by atoms with E-state index in [1.807, 2.05) is 25.1 Å². The number of aryl methyl sites for hydroxylation is 1. The van der Waals surface area contributed by atoms with Gasteiger partial charge in [-0.1, -0.05) is 11.6 Å². The van der Waals surface area contributed by atoms with Crippen LogP contribution in [0.5, 0.6) is 0 Å². The van der Waals surface area contributed by atoms with Crippen molar-refractivity contribution in [2.24, 2.45) is 0 Å². The molecule has 2 heterocycles. The highest BCUT2D eigenvalue weighted by molar-refractivity contribution is 5.82. The van der Waals surface area contributed by atoms with E-state index in [1.54, 1.807) is 18.2 Å². The van der Waals surface area contributed by atoms with E-state index in [0.717, 1.165) is 16.5 Å². The van der Waals surface area contributed by atoms with Gasteiger partial charge >= 0.3 is 0 Å². The van der Waals surface area contributed by atoms with Crippen molar-refractivity contribution in [1.29, 1.82) is 0 Å². The highest BCUT2D eigenvalue weighted by atomic mass is 19.1. The van der Waals surface area contributed by atoms with Gasteiger partial charge in [0.2, 0.25) is 5.89 Å². The molecule has 0 aliphatic rings. The second-order valence-electron chi connectivity index (χ2n) is 5.64. The Kier molecular flexibility index (Phi) is 3.27. The number of rotatable bonds is 2. The van der Waals surface area contributed by atoms with Gasteiger partial charge in [-0.05, 0) is 54.8 Å². The first-order valence-corrected chi connectivity index (χ1v) is 7.46. The van der Waals surface area contributed by atoms with Crippen LogP contribution in [0.2, 0.25) is 0 Å². The summed E-state index contributed by atoms with van der Waals surface area (Å²) in [5.41, 5.74) is 2.66. The molecule has 0 radical (unpaired) electrons. The largest absolute Gasteiger partial charge is 0.436 e. The molecule has 0 aliphatic heterocycles. The molecule has 0 saturated heterocycles. The second-order valence-corrected chi connectivity index (χ2v) is 5.64. The molecule has 0 bridgehead atoms. The van der Waals surface area contributed by atoms with Crippen LogP contribution in [0, 0.1) is 12.7 Å². The molecular formula is C19H13FN2O2. The van der Waals surface area contributed by atoms with Crippen LogP contribution in [0.15, 0.2) is 63.9 Å². The summed E-state index contributed by atoms with van der Waals surface area (Å²) in [6.45, 7) is 1.99. The van der Waals surface area contributed by atoms with Gasteiger partial charge in [-0.2, -0.15) is 0 Å². The number of aromatic nitrogens is 2. The van der Waals surface area contributed by atoms with Crippen LogP contribution in [0.4, 0.5) is 4.39 Å². The first-order valence-electron chi connectivity index (χ1n) is 7.46. The fourth-order valence-corrected chi connectivity index (χ4v) is 2.63. The Morgan fingerprint density at radius 1 is 1.08 bits per heavy atom. The fraction of sp³-hybridized carbons (Fsp3) is 0.0526. The highest BCUT2D eigenvalue weighted by Crippen LogP contribution is 2.26. The molecule has 1 N–H and O–H groups in total. The van der Waals surface area contributed by atoms with Crippen molar-refractivity contribution in [2.45, 2.75) is 6.92 Å². The Morgan fingerprint density at radius 3 is 2.67 bits per heavy atom. The van der Waals surface area contributed by atoms with E-state index in [2.05, 4.69) is 9.97 Å². The second kappa shape index (κ2) is 5.45. The number of hydrogen-bond acceptors (Lipinski definition) is 3. The molecule has 5 heteroatoms. The van der Waals surface area contributed by atoms with Gasteiger partial charge < -0.3 is 9.40 Å². The quantitative estimate of drug-likeness (QED) is 0.599. The van der Waals surface area contributed by atoms with Crippen LogP contribution < -0.4 is 5.56 Å². The first-order chi connectivity index (χ1) is 11.6. The van der Waals surface area contributed by atoms with Crippen molar-refractivity contribution < 1.29 is 8.81 Å². The lowest BCUT2D eigenvalue weighted by Gasteiger charge is -2.02. The average molecular weight is 320 g/mol. The fourth-order valence-electron chi connectivity index (χ4n) is 2.63. The number of oxazole rings is 1. The van der Waals surface area contributed by atoms with Gasteiger partial charge in [-0.25, -0.2) is 9.37 Å². The number of nitrogens with one attached hydrogen (secondary N) is 1.